The predicted octanol–water partition coefficient (Wildman–Crippen LogP) is 27.9. The Kier molecular flexibility index (Phi) is 33.6. The first kappa shape index (κ1) is 96.6. The zero-order valence-corrected chi connectivity index (χ0v) is 76.3. The van der Waals surface area contributed by atoms with Gasteiger partial charge in [0.2, 0.25) is 0 Å². The number of allylic oxidation sites excluding steroid dienone is 3. The highest BCUT2D eigenvalue weighted by atomic mass is 35.5. The van der Waals surface area contributed by atoms with Crippen LogP contribution in [0.4, 0.5) is 39.5 Å². The third kappa shape index (κ3) is 23.0. The average molecular weight is 1740 g/mol. The summed E-state index contributed by atoms with van der Waals surface area (Å²) >= 11 is 4.14. The molecule has 0 unspecified atom stereocenters. The van der Waals surface area contributed by atoms with Gasteiger partial charge >= 0.3 is 24.5 Å². The van der Waals surface area contributed by atoms with Crippen molar-refractivity contribution in [3.8, 4) is 33.4 Å². The van der Waals surface area contributed by atoms with Crippen LogP contribution in [0.3, 0.4) is 0 Å². The Morgan fingerprint density at radius 1 is 0.479 bits per heavy atom. The summed E-state index contributed by atoms with van der Waals surface area (Å²) in [5.41, 5.74) is 6.73. The lowest BCUT2D eigenvalue weighted by Gasteiger charge is -2.51. The van der Waals surface area contributed by atoms with Crippen molar-refractivity contribution in [1.29, 1.82) is 0 Å². The number of benzene rings is 3. The molecule has 13 rings (SSSR count). The number of fused-ring (bicyclic) bond motifs is 4. The maximum atomic E-state index is 13.4. The minimum Gasteiger partial charge on any atom is -0.462 e. The zero-order valence-electron chi connectivity index (χ0n) is 73.6. The van der Waals surface area contributed by atoms with Crippen molar-refractivity contribution >= 4 is 58.4 Å². The number of ether oxygens (including phenoxy) is 1. The second-order valence-corrected chi connectivity index (χ2v) is 48.8. The average Bonchev–Trinajstić information content (AvgIpc) is 1.67. The van der Waals surface area contributed by atoms with E-state index in [-0.39, 0.29) is 65.2 Å². The molecule has 0 amide bonds. The molecule has 10 nitrogen and oxygen atoms in total. The number of alkyl halides is 9. The predicted molar refractivity (Wildman–Crippen MR) is 475 cm³/mol. The zero-order chi connectivity index (χ0) is 88.2. The third-order valence-electron chi connectivity index (χ3n) is 29.1. The van der Waals surface area contributed by atoms with Crippen LogP contribution in [0.25, 0.3) is 51.6 Å². The largest absolute Gasteiger partial charge is 0.462 e. The Balaban J connectivity index is 0.000000190. The van der Waals surface area contributed by atoms with Crippen molar-refractivity contribution in [3.05, 3.63) is 180 Å². The number of aliphatic hydroxyl groups is 1. The van der Waals surface area contributed by atoms with E-state index in [1.165, 1.54) is 94.9 Å². The second-order valence-electron chi connectivity index (χ2n) is 37.9. The SMILES string of the molecule is CC(=O)[C@@H]1[C@H](CO[Si](C(C)C)(C(C)C)C(C)C)C[C@@H]2CCCC[C@H]2[C@@H]1/C=C/c1ccc(-c2cccc(C(F)(F)F)c2)cn1.CC(C)[Si](OC[C@@H]1C[C@@H]2CCCC[C@H]2[C@H](/C=C/c2ccc(-c3cccc(C(F)(F)F)c3)cn2)[C@@H]1[C@@H](C)O)(C(C)C)C(C)C.C[C@H]1OC(=O)[C@@H]2C[C@@H]3CCCC[C@H]3[C@H](/C=C/c3ccc(-c4cccc(C(F)(F)F)c4)cn3)[C@H]12.NCl. The van der Waals surface area contributed by atoms with Crippen LogP contribution < -0.4 is 5.25 Å². The van der Waals surface area contributed by atoms with Crippen LogP contribution in [0.5, 0.6) is 0 Å². The van der Waals surface area contributed by atoms with E-state index in [2.05, 4.69) is 139 Å². The number of rotatable bonds is 23. The molecule has 3 aromatic heterocycles. The molecule has 121 heavy (non-hydrogen) atoms. The number of halogens is 10. The number of ketones is 1. The van der Waals surface area contributed by atoms with Gasteiger partial charge in [-0.3, -0.25) is 24.5 Å². The minimum absolute atomic E-state index is 0.00903. The molecule has 17 atom stereocenters. The highest BCUT2D eigenvalue weighted by molar-refractivity contribution is 6.78. The number of pyridine rings is 3. The number of nitrogens with two attached hydrogens (primary N) is 1. The maximum absolute atomic E-state index is 13.4. The number of carbonyl (C=O) groups excluding carboxylic acids is 2. The Hall–Kier alpha value is -6.60. The van der Waals surface area contributed by atoms with Crippen molar-refractivity contribution in [2.24, 2.45) is 94.0 Å². The number of aliphatic hydroxyl groups excluding tert-OH is 1. The fourth-order valence-electron chi connectivity index (χ4n) is 23.9. The topological polar surface area (TPSA) is 147 Å². The molecule has 22 heteroatoms. The van der Waals surface area contributed by atoms with Crippen LogP contribution in [0.1, 0.15) is 234 Å². The van der Waals surface area contributed by atoms with Gasteiger partial charge < -0.3 is 18.7 Å². The van der Waals surface area contributed by atoms with E-state index in [0.717, 1.165) is 73.1 Å². The quantitative estimate of drug-likeness (QED) is 0.0275. The van der Waals surface area contributed by atoms with Gasteiger partial charge in [-0.25, -0.2) is 5.25 Å². The lowest BCUT2D eigenvalue weighted by Crippen LogP contribution is -2.51. The first-order valence-electron chi connectivity index (χ1n) is 44.7. The van der Waals surface area contributed by atoms with Crippen LogP contribution in [0.2, 0.25) is 33.2 Å². The van der Waals surface area contributed by atoms with Crippen LogP contribution >= 0.6 is 11.8 Å². The van der Waals surface area contributed by atoms with E-state index in [4.69, 9.17) is 13.6 Å². The second kappa shape index (κ2) is 42.1. The Morgan fingerprint density at radius 2 is 0.810 bits per heavy atom. The molecular weight excluding hydrogens is 1600 g/mol. The fourth-order valence-corrected chi connectivity index (χ4v) is 34.9. The maximum Gasteiger partial charge on any atom is 0.416 e. The minimum atomic E-state index is -4.39. The van der Waals surface area contributed by atoms with Crippen LogP contribution in [0.15, 0.2) is 146 Å². The molecule has 6 aromatic rings. The van der Waals surface area contributed by atoms with Gasteiger partial charge in [-0.15, -0.1) is 0 Å². The summed E-state index contributed by atoms with van der Waals surface area (Å²) in [7, 11) is -4.09. The summed E-state index contributed by atoms with van der Waals surface area (Å²) < 4.78 is 138. The van der Waals surface area contributed by atoms with Crippen LogP contribution in [-0.4, -0.2) is 73.9 Å². The van der Waals surface area contributed by atoms with Gasteiger partial charge in [0.25, 0.3) is 0 Å². The third-order valence-corrected chi connectivity index (χ3v) is 41.2. The number of Topliss-reactive ketones (excluding diaryl/α,β-unsaturated/α-hetero) is 1. The summed E-state index contributed by atoms with van der Waals surface area (Å²) in [5.74, 6) is 4.93. The summed E-state index contributed by atoms with van der Waals surface area (Å²) in [4.78, 5) is 39.5. The van der Waals surface area contributed by atoms with E-state index in [1.807, 2.05) is 56.3 Å². The molecule has 1 saturated heterocycles. The molecule has 7 aliphatic rings. The molecule has 4 heterocycles. The summed E-state index contributed by atoms with van der Waals surface area (Å²) in [6.07, 6.45) is 21.7. The number of nitrogens with zero attached hydrogens (tertiary/aromatic N) is 3. The Bertz CT molecular complexity index is 4350. The molecule has 7 fully saturated rings. The summed E-state index contributed by atoms with van der Waals surface area (Å²) in [6, 6.07) is 27.0. The van der Waals surface area contributed by atoms with Gasteiger partial charge in [0.05, 0.1) is 45.8 Å². The number of hydrogen-bond donors (Lipinski definition) is 2. The van der Waals surface area contributed by atoms with Crippen molar-refractivity contribution in [3.63, 3.8) is 0 Å². The lowest BCUT2D eigenvalue weighted by molar-refractivity contribution is -0.144. The fraction of sp³-hybridized carbons (Fsp3) is 0.586. The van der Waals surface area contributed by atoms with Gasteiger partial charge in [-0.05, 0) is 265 Å². The van der Waals surface area contributed by atoms with Gasteiger partial charge in [0.1, 0.15) is 11.9 Å². The van der Waals surface area contributed by atoms with E-state index < -0.39 is 58.0 Å². The molecule has 0 spiro atoms. The van der Waals surface area contributed by atoms with Crippen molar-refractivity contribution in [1.82, 2.24) is 15.0 Å². The first-order chi connectivity index (χ1) is 57.3. The summed E-state index contributed by atoms with van der Waals surface area (Å²) in [6.45, 7) is 34.9. The van der Waals surface area contributed by atoms with Gasteiger partial charge in [0.15, 0.2) is 16.6 Å². The number of esters is 1. The number of cyclic esters (lactones) is 1. The standard InChI is InChI=1S/C36H52F3NO2Si.C36H50F3NO2Si.C27H28F3NO2.ClH2N/c2*1-23(2)43(24(3)4,25(5)6)42-22-30-19-28-11-8-9-14-33(28)34(35(30)26(7)41)18-17-32-16-15-29(21-40-32)27-12-10-13-31(20-27)36(37,38)39;1-16-25-23(22-8-3-2-5-18(22)14-24(25)26(32)33-16)12-11-21-10-9-19(15-31-21)17-6-4-7-20(13-17)27(28,29)30;1-2/h10,12-13,15-18,20-21,23-26,28,30,33-35,41H,8-9,11,14,19,22H2,1-7H3;10,12-13,15-18,20-21,23-25,28,30,33-35H,8-9,11,14,19,22H2,1-7H3;4,6-7,9-13,15-16,18,22-25H,2-3,5,8,14H2,1H3;2H2/b2*18-17+;12-11+;/t26-,28+,30+,33-,34+,35-;28-,30-,33+,34-,35+;16-,18+,22-,23+,24-,25+;/m101./s1. The highest BCUT2D eigenvalue weighted by Gasteiger charge is 2.55. The Morgan fingerprint density at radius 3 is 1.16 bits per heavy atom. The van der Waals surface area contributed by atoms with E-state index in [0.29, 0.717) is 121 Å². The monoisotopic (exact) mass is 1730 g/mol. The smallest absolute Gasteiger partial charge is 0.416 e. The number of aromatic nitrogens is 3. The lowest BCUT2D eigenvalue weighted by atomic mass is 9.57. The molecule has 3 N–H and O–H groups in total. The van der Waals surface area contributed by atoms with Crippen molar-refractivity contribution in [2.75, 3.05) is 13.2 Å². The number of carbonyl (C=O) groups is 2. The van der Waals surface area contributed by atoms with Crippen molar-refractivity contribution < 1.29 is 67.8 Å². The summed E-state index contributed by atoms with van der Waals surface area (Å²) in [5, 5.41) is 15.2. The van der Waals surface area contributed by atoms with E-state index in [1.54, 1.807) is 49.8 Å². The van der Waals surface area contributed by atoms with Gasteiger partial charge in [-0.2, -0.15) is 39.5 Å². The normalized spacial score (nSPS) is 26.9. The molecule has 3 aromatic carbocycles. The molecule has 0 radical (unpaired) electrons. The molecule has 1 aliphatic heterocycles. The van der Waals surface area contributed by atoms with Crippen molar-refractivity contribution in [2.45, 2.75) is 264 Å². The van der Waals surface area contributed by atoms with Gasteiger partial charge in [-0.1, -0.05) is 214 Å². The van der Waals surface area contributed by atoms with E-state index >= 15 is 0 Å². The van der Waals surface area contributed by atoms with Crippen LogP contribution in [-0.2, 0) is 41.7 Å². The van der Waals surface area contributed by atoms with Crippen LogP contribution in [0, 0.1) is 88.8 Å². The Labute approximate surface area is 721 Å². The highest BCUT2D eigenvalue weighted by Crippen LogP contribution is 2.57. The van der Waals surface area contributed by atoms with Gasteiger partial charge in [0, 0.05) is 60.3 Å². The molecule has 662 valence electrons. The molecular formula is C99H132ClF9N4O6Si2. The number of hydrogen-bond acceptors (Lipinski definition) is 10. The van der Waals surface area contributed by atoms with E-state index in [9.17, 15) is 54.2 Å². The molecule has 6 aliphatic carbocycles. The molecule has 0 bridgehead atoms. The first-order valence-corrected chi connectivity index (χ1v) is 49.4. The molecule has 6 saturated carbocycles.